The van der Waals surface area contributed by atoms with Crippen molar-refractivity contribution >= 4 is 5.97 Å². The zero-order chi connectivity index (χ0) is 17.7. The zero-order valence-electron chi connectivity index (χ0n) is 14.2. The van der Waals surface area contributed by atoms with Gasteiger partial charge in [0.2, 0.25) is 0 Å². The first-order valence-electron chi connectivity index (χ1n) is 8.42. The standard InChI is InChI=1S/C16H28O8/c1-9(14-3-11(17)6-22-14)5-21-10(2)16(20)24-8-13(19)15-4-12(18)7-23-15/h9-15,17-19H,3-8H2,1-2H3/t9-,10?,11+,12-,13+,14?,15?/m1/s1. The molecule has 2 aliphatic heterocycles. The molecule has 0 saturated carbocycles. The van der Waals surface area contributed by atoms with E-state index >= 15 is 0 Å². The van der Waals surface area contributed by atoms with Crippen LogP contribution in [-0.4, -0.2) is 84.3 Å². The highest BCUT2D eigenvalue weighted by atomic mass is 16.6. The first kappa shape index (κ1) is 19.6. The number of aliphatic hydroxyl groups excluding tert-OH is 3. The molecule has 2 rings (SSSR count). The van der Waals surface area contributed by atoms with Gasteiger partial charge in [-0.1, -0.05) is 6.92 Å². The van der Waals surface area contributed by atoms with Crippen LogP contribution in [0.1, 0.15) is 26.7 Å². The number of rotatable bonds is 8. The lowest BCUT2D eigenvalue weighted by molar-refractivity contribution is -0.162. The molecule has 2 fully saturated rings. The average molecular weight is 348 g/mol. The number of esters is 1. The van der Waals surface area contributed by atoms with Crippen molar-refractivity contribution in [1.29, 1.82) is 0 Å². The maximum absolute atomic E-state index is 11.9. The highest BCUT2D eigenvalue weighted by Gasteiger charge is 2.32. The SMILES string of the molecule is CC(OC[C@@H](C)C1C[C@H](O)CO1)C(=O)OC[C@H](O)C1C[C@@H](O)CO1. The van der Waals surface area contributed by atoms with Gasteiger partial charge in [0.05, 0.1) is 44.2 Å². The molecule has 0 bridgehead atoms. The normalized spacial score (nSPS) is 34.0. The summed E-state index contributed by atoms with van der Waals surface area (Å²) in [6.07, 6.45) is -2.44. The highest BCUT2D eigenvalue weighted by molar-refractivity contribution is 5.74. The maximum Gasteiger partial charge on any atom is 0.335 e. The molecule has 0 aliphatic carbocycles. The van der Waals surface area contributed by atoms with Crippen LogP contribution in [0, 0.1) is 5.92 Å². The van der Waals surface area contributed by atoms with E-state index in [9.17, 15) is 20.1 Å². The first-order valence-corrected chi connectivity index (χ1v) is 8.42. The van der Waals surface area contributed by atoms with Gasteiger partial charge in [-0.2, -0.15) is 0 Å². The lowest BCUT2D eigenvalue weighted by atomic mass is 10.0. The van der Waals surface area contributed by atoms with Crippen LogP contribution in [0.2, 0.25) is 0 Å². The molecule has 8 heteroatoms. The van der Waals surface area contributed by atoms with Gasteiger partial charge in [-0.3, -0.25) is 0 Å². The van der Waals surface area contributed by atoms with E-state index in [2.05, 4.69) is 0 Å². The van der Waals surface area contributed by atoms with Gasteiger partial charge in [0.25, 0.3) is 0 Å². The van der Waals surface area contributed by atoms with Crippen LogP contribution >= 0.6 is 0 Å². The van der Waals surface area contributed by atoms with E-state index in [-0.39, 0.29) is 25.2 Å². The molecule has 2 aliphatic rings. The number of ether oxygens (including phenoxy) is 4. The Morgan fingerprint density at radius 3 is 2.21 bits per heavy atom. The quantitative estimate of drug-likeness (QED) is 0.490. The van der Waals surface area contributed by atoms with Crippen LogP contribution in [-0.2, 0) is 23.7 Å². The van der Waals surface area contributed by atoms with Crippen LogP contribution in [0.3, 0.4) is 0 Å². The number of carbonyl (C=O) groups is 1. The molecule has 0 aromatic heterocycles. The summed E-state index contributed by atoms with van der Waals surface area (Å²) in [6.45, 7) is 4.16. The Morgan fingerprint density at radius 1 is 1.08 bits per heavy atom. The molecule has 3 N–H and O–H groups in total. The molecule has 0 spiro atoms. The third kappa shape index (κ3) is 5.65. The molecule has 2 saturated heterocycles. The summed E-state index contributed by atoms with van der Waals surface area (Å²) in [5, 5.41) is 28.7. The Labute approximate surface area is 141 Å². The molecule has 8 nitrogen and oxygen atoms in total. The van der Waals surface area contributed by atoms with Crippen molar-refractivity contribution in [2.75, 3.05) is 26.4 Å². The molecule has 3 unspecified atom stereocenters. The molecular weight excluding hydrogens is 320 g/mol. The minimum absolute atomic E-state index is 0.0522. The first-order chi connectivity index (χ1) is 11.4. The van der Waals surface area contributed by atoms with Gasteiger partial charge in [0, 0.05) is 18.8 Å². The van der Waals surface area contributed by atoms with Crippen LogP contribution < -0.4 is 0 Å². The van der Waals surface area contributed by atoms with Crippen molar-refractivity contribution in [2.45, 2.75) is 63.3 Å². The van der Waals surface area contributed by atoms with Gasteiger partial charge in [-0.25, -0.2) is 4.79 Å². The van der Waals surface area contributed by atoms with Crippen molar-refractivity contribution in [3.8, 4) is 0 Å². The molecule has 0 amide bonds. The summed E-state index contributed by atoms with van der Waals surface area (Å²) >= 11 is 0. The van der Waals surface area contributed by atoms with Gasteiger partial charge in [0.15, 0.2) is 6.10 Å². The van der Waals surface area contributed by atoms with Gasteiger partial charge >= 0.3 is 5.97 Å². The summed E-state index contributed by atoms with van der Waals surface area (Å²) < 4.78 is 21.2. The Balaban J connectivity index is 1.63. The van der Waals surface area contributed by atoms with Crippen LogP contribution in [0.25, 0.3) is 0 Å². The molecule has 2 heterocycles. The topological polar surface area (TPSA) is 115 Å². The lowest BCUT2D eigenvalue weighted by Gasteiger charge is -2.21. The molecule has 24 heavy (non-hydrogen) atoms. The minimum atomic E-state index is -0.967. The summed E-state index contributed by atoms with van der Waals surface area (Å²) in [7, 11) is 0. The smallest absolute Gasteiger partial charge is 0.335 e. The Morgan fingerprint density at radius 2 is 1.67 bits per heavy atom. The Kier molecular flexibility index (Phi) is 7.39. The van der Waals surface area contributed by atoms with Crippen LogP contribution in [0.15, 0.2) is 0 Å². The molecule has 0 radical (unpaired) electrons. The van der Waals surface area contributed by atoms with E-state index < -0.39 is 36.5 Å². The van der Waals surface area contributed by atoms with Gasteiger partial charge in [0.1, 0.15) is 12.7 Å². The largest absolute Gasteiger partial charge is 0.461 e. The number of carbonyl (C=O) groups excluding carboxylic acids is 1. The van der Waals surface area contributed by atoms with Crippen molar-refractivity contribution < 1.29 is 39.1 Å². The zero-order valence-corrected chi connectivity index (χ0v) is 14.2. The summed E-state index contributed by atoms with van der Waals surface area (Å²) in [4.78, 5) is 11.9. The van der Waals surface area contributed by atoms with E-state index in [4.69, 9.17) is 18.9 Å². The lowest BCUT2D eigenvalue weighted by Crippen LogP contribution is -2.34. The third-order valence-corrected chi connectivity index (χ3v) is 4.42. The monoisotopic (exact) mass is 348 g/mol. The van der Waals surface area contributed by atoms with Crippen LogP contribution in [0.5, 0.6) is 0 Å². The molecule has 140 valence electrons. The second-order valence-corrected chi connectivity index (χ2v) is 6.67. The number of aliphatic hydroxyl groups is 3. The fourth-order valence-corrected chi connectivity index (χ4v) is 2.81. The van der Waals surface area contributed by atoms with Gasteiger partial charge < -0.3 is 34.3 Å². The van der Waals surface area contributed by atoms with Gasteiger partial charge in [-0.05, 0) is 6.92 Å². The Bertz CT molecular complexity index is 404. The summed E-state index contributed by atoms with van der Waals surface area (Å²) in [5.41, 5.74) is 0. The van der Waals surface area contributed by atoms with E-state index in [1.165, 1.54) is 0 Å². The second kappa shape index (κ2) is 9.07. The third-order valence-electron chi connectivity index (χ3n) is 4.42. The van der Waals surface area contributed by atoms with E-state index in [1.807, 2.05) is 6.92 Å². The molecule has 0 aromatic rings. The number of hydrogen-bond donors (Lipinski definition) is 3. The fraction of sp³-hybridized carbons (Fsp3) is 0.938. The fourth-order valence-electron chi connectivity index (χ4n) is 2.81. The number of hydrogen-bond acceptors (Lipinski definition) is 8. The van der Waals surface area contributed by atoms with Crippen molar-refractivity contribution in [1.82, 2.24) is 0 Å². The maximum atomic E-state index is 11.9. The molecule has 0 aromatic carbocycles. The predicted octanol–water partition coefficient (Wildman–Crippen LogP) is -0.769. The Hall–Kier alpha value is -0.770. The summed E-state index contributed by atoms with van der Waals surface area (Å²) in [5.74, 6) is -0.511. The van der Waals surface area contributed by atoms with Crippen molar-refractivity contribution in [3.63, 3.8) is 0 Å². The molecule has 7 atom stereocenters. The van der Waals surface area contributed by atoms with Gasteiger partial charge in [-0.15, -0.1) is 0 Å². The van der Waals surface area contributed by atoms with Crippen LogP contribution in [0.4, 0.5) is 0 Å². The minimum Gasteiger partial charge on any atom is -0.461 e. The van der Waals surface area contributed by atoms with E-state index in [1.54, 1.807) is 6.92 Å². The summed E-state index contributed by atoms with van der Waals surface area (Å²) in [6, 6.07) is 0. The van der Waals surface area contributed by atoms with Crippen molar-refractivity contribution in [2.24, 2.45) is 5.92 Å². The molecular formula is C16H28O8. The van der Waals surface area contributed by atoms with E-state index in [0.717, 1.165) is 0 Å². The average Bonchev–Trinajstić information content (AvgIpc) is 3.18. The highest BCUT2D eigenvalue weighted by Crippen LogP contribution is 2.21. The second-order valence-electron chi connectivity index (χ2n) is 6.67. The van der Waals surface area contributed by atoms with Crippen molar-refractivity contribution in [3.05, 3.63) is 0 Å². The van der Waals surface area contributed by atoms with E-state index in [0.29, 0.717) is 26.1 Å². The predicted molar refractivity (Wildman–Crippen MR) is 82.3 cm³/mol.